The number of anilines is 1. The number of carbonyl (C=O) groups excluding carboxylic acids is 1. The molecule has 98 valence electrons. The van der Waals surface area contributed by atoms with E-state index >= 15 is 0 Å². The molecule has 6 heteroatoms. The summed E-state index contributed by atoms with van der Waals surface area (Å²) in [6, 6.07) is 3.05. The molecule has 0 radical (unpaired) electrons. The zero-order chi connectivity index (χ0) is 13.7. The highest BCUT2D eigenvalue weighted by molar-refractivity contribution is 7.80. The fourth-order valence-corrected chi connectivity index (χ4v) is 1.52. The lowest BCUT2D eigenvalue weighted by atomic mass is 10.1. The Morgan fingerprint density at radius 3 is 2.61 bits per heavy atom. The number of thiocarbonyl (C=S) groups is 1. The second kappa shape index (κ2) is 6.39. The second-order valence-electron chi connectivity index (χ2n) is 4.22. The molecule has 0 aromatic heterocycles. The van der Waals surface area contributed by atoms with Crippen molar-refractivity contribution < 1.29 is 13.6 Å². The van der Waals surface area contributed by atoms with Crippen LogP contribution in [0.5, 0.6) is 0 Å². The van der Waals surface area contributed by atoms with Crippen molar-refractivity contribution in [2.24, 2.45) is 5.92 Å². The maximum absolute atomic E-state index is 13.3. The summed E-state index contributed by atoms with van der Waals surface area (Å²) >= 11 is 4.85. The van der Waals surface area contributed by atoms with Gasteiger partial charge in [0.15, 0.2) is 5.11 Å². The van der Waals surface area contributed by atoms with E-state index in [0.29, 0.717) is 6.42 Å². The van der Waals surface area contributed by atoms with Crippen molar-refractivity contribution in [1.29, 1.82) is 0 Å². The quantitative estimate of drug-likeness (QED) is 0.831. The Hall–Kier alpha value is -1.56. The highest BCUT2D eigenvalue weighted by Gasteiger charge is 2.09. The third-order valence-electron chi connectivity index (χ3n) is 2.03. The van der Waals surface area contributed by atoms with E-state index in [1.807, 2.05) is 13.8 Å². The van der Waals surface area contributed by atoms with Crippen LogP contribution in [0.15, 0.2) is 18.2 Å². The number of nitrogens with one attached hydrogen (secondary N) is 2. The first-order valence-electron chi connectivity index (χ1n) is 5.44. The normalized spacial score (nSPS) is 10.3. The van der Waals surface area contributed by atoms with Crippen molar-refractivity contribution in [2.45, 2.75) is 20.3 Å². The van der Waals surface area contributed by atoms with Crippen LogP contribution in [0.1, 0.15) is 20.3 Å². The Morgan fingerprint density at radius 1 is 1.39 bits per heavy atom. The zero-order valence-electron chi connectivity index (χ0n) is 10.1. The molecule has 1 amide bonds. The molecule has 0 fully saturated rings. The fourth-order valence-electron chi connectivity index (χ4n) is 1.29. The third-order valence-corrected chi connectivity index (χ3v) is 2.23. The van der Waals surface area contributed by atoms with E-state index in [2.05, 4.69) is 10.6 Å². The highest BCUT2D eigenvalue weighted by atomic mass is 32.1. The Kier molecular flexibility index (Phi) is 5.15. The van der Waals surface area contributed by atoms with E-state index in [9.17, 15) is 13.6 Å². The number of benzene rings is 1. The van der Waals surface area contributed by atoms with Crippen molar-refractivity contribution in [2.75, 3.05) is 5.32 Å². The molecule has 0 saturated carbocycles. The molecule has 1 rings (SSSR count). The second-order valence-corrected chi connectivity index (χ2v) is 4.63. The molecule has 0 bridgehead atoms. The number of carbonyl (C=O) groups is 1. The predicted molar refractivity (Wildman–Crippen MR) is 70.2 cm³/mol. The van der Waals surface area contributed by atoms with Gasteiger partial charge in [0.1, 0.15) is 11.6 Å². The number of rotatable bonds is 3. The number of hydrogen-bond acceptors (Lipinski definition) is 2. The fraction of sp³-hybridized carbons (Fsp3) is 0.333. The monoisotopic (exact) mass is 272 g/mol. The smallest absolute Gasteiger partial charge is 0.226 e. The predicted octanol–water partition coefficient (Wildman–Crippen LogP) is 2.82. The van der Waals surface area contributed by atoms with Crippen LogP contribution in [-0.2, 0) is 4.79 Å². The van der Waals surface area contributed by atoms with Gasteiger partial charge in [-0.05, 0) is 30.3 Å². The van der Waals surface area contributed by atoms with Crippen LogP contribution < -0.4 is 10.6 Å². The highest BCUT2D eigenvalue weighted by Crippen LogP contribution is 2.14. The number of hydrogen-bond donors (Lipinski definition) is 2. The van der Waals surface area contributed by atoms with Crippen molar-refractivity contribution in [3.05, 3.63) is 29.8 Å². The van der Waals surface area contributed by atoms with Crippen molar-refractivity contribution >= 4 is 28.9 Å². The first-order valence-corrected chi connectivity index (χ1v) is 5.85. The van der Waals surface area contributed by atoms with E-state index < -0.39 is 11.6 Å². The molecule has 0 aliphatic heterocycles. The molecular formula is C12H14F2N2OS. The average molecular weight is 272 g/mol. The van der Waals surface area contributed by atoms with Crippen LogP contribution in [0.3, 0.4) is 0 Å². The van der Waals surface area contributed by atoms with Crippen molar-refractivity contribution in [1.82, 2.24) is 5.32 Å². The minimum atomic E-state index is -0.768. The van der Waals surface area contributed by atoms with Crippen LogP contribution in [-0.4, -0.2) is 11.0 Å². The van der Waals surface area contributed by atoms with Crippen molar-refractivity contribution in [3.8, 4) is 0 Å². The van der Waals surface area contributed by atoms with Crippen LogP contribution in [0, 0.1) is 17.6 Å². The SMILES string of the molecule is CC(C)CC(=O)NC(=S)Nc1ccc(F)cc1F. The van der Waals surface area contributed by atoms with Crippen LogP contribution in [0.2, 0.25) is 0 Å². The molecule has 0 heterocycles. The van der Waals surface area contributed by atoms with E-state index in [4.69, 9.17) is 12.2 Å². The van der Waals surface area contributed by atoms with E-state index in [1.165, 1.54) is 6.07 Å². The number of amides is 1. The van der Waals surface area contributed by atoms with Gasteiger partial charge in [-0.25, -0.2) is 8.78 Å². The van der Waals surface area contributed by atoms with Crippen LogP contribution >= 0.6 is 12.2 Å². The van der Waals surface area contributed by atoms with Gasteiger partial charge in [0, 0.05) is 12.5 Å². The van der Waals surface area contributed by atoms with Crippen LogP contribution in [0.4, 0.5) is 14.5 Å². The van der Waals surface area contributed by atoms with Crippen molar-refractivity contribution in [3.63, 3.8) is 0 Å². The van der Waals surface area contributed by atoms with E-state index in [0.717, 1.165) is 12.1 Å². The largest absolute Gasteiger partial charge is 0.330 e. The summed E-state index contributed by atoms with van der Waals surface area (Å²) in [5, 5.41) is 4.91. The summed E-state index contributed by atoms with van der Waals surface area (Å²) in [6.07, 6.45) is 0.327. The Bertz CT molecular complexity index is 463. The summed E-state index contributed by atoms with van der Waals surface area (Å²) in [5.41, 5.74) is 0.0197. The van der Waals surface area contributed by atoms with E-state index in [1.54, 1.807) is 0 Å². The number of halogens is 2. The summed E-state index contributed by atoms with van der Waals surface area (Å²) < 4.78 is 26.0. The Morgan fingerprint density at radius 2 is 2.06 bits per heavy atom. The maximum atomic E-state index is 13.3. The lowest BCUT2D eigenvalue weighted by molar-refractivity contribution is -0.120. The maximum Gasteiger partial charge on any atom is 0.226 e. The van der Waals surface area contributed by atoms with Gasteiger partial charge >= 0.3 is 0 Å². The molecule has 1 aromatic rings. The molecule has 2 N–H and O–H groups in total. The first-order chi connectivity index (χ1) is 8.38. The van der Waals surface area contributed by atoms with Gasteiger partial charge in [-0.1, -0.05) is 13.8 Å². The molecule has 0 atom stereocenters. The minimum Gasteiger partial charge on any atom is -0.330 e. The van der Waals surface area contributed by atoms with Gasteiger partial charge in [-0.2, -0.15) is 0 Å². The standard InChI is InChI=1S/C12H14F2N2OS/c1-7(2)5-11(17)16-12(18)15-10-4-3-8(13)6-9(10)14/h3-4,6-7H,5H2,1-2H3,(H2,15,16,17,18). The molecule has 0 saturated heterocycles. The van der Waals surface area contributed by atoms with Gasteiger partial charge in [-0.3, -0.25) is 4.79 Å². The molecule has 3 nitrogen and oxygen atoms in total. The zero-order valence-corrected chi connectivity index (χ0v) is 10.9. The first kappa shape index (κ1) is 14.5. The lowest BCUT2D eigenvalue weighted by Gasteiger charge is -2.11. The molecule has 1 aromatic carbocycles. The summed E-state index contributed by atoms with van der Waals surface area (Å²) in [7, 11) is 0. The molecule has 0 aliphatic carbocycles. The van der Waals surface area contributed by atoms with Gasteiger partial charge in [0.05, 0.1) is 5.69 Å². The molecular weight excluding hydrogens is 258 g/mol. The summed E-state index contributed by atoms with van der Waals surface area (Å²) in [4.78, 5) is 11.4. The lowest BCUT2D eigenvalue weighted by Crippen LogP contribution is -2.34. The van der Waals surface area contributed by atoms with Gasteiger partial charge < -0.3 is 10.6 Å². The van der Waals surface area contributed by atoms with E-state index in [-0.39, 0.29) is 22.6 Å². The average Bonchev–Trinajstić information content (AvgIpc) is 2.20. The molecule has 18 heavy (non-hydrogen) atoms. The molecule has 0 spiro atoms. The van der Waals surface area contributed by atoms with Crippen LogP contribution in [0.25, 0.3) is 0 Å². The Balaban J connectivity index is 2.57. The molecule has 0 unspecified atom stereocenters. The van der Waals surface area contributed by atoms with Gasteiger partial charge in [-0.15, -0.1) is 0 Å². The van der Waals surface area contributed by atoms with Gasteiger partial charge in [0.25, 0.3) is 0 Å². The molecule has 0 aliphatic rings. The minimum absolute atomic E-state index is 0.00819. The van der Waals surface area contributed by atoms with Gasteiger partial charge in [0.2, 0.25) is 5.91 Å². The topological polar surface area (TPSA) is 41.1 Å². The third kappa shape index (κ3) is 4.75. The summed E-state index contributed by atoms with van der Waals surface area (Å²) in [5.74, 6) is -1.48. The Labute approximate surface area is 110 Å². The summed E-state index contributed by atoms with van der Waals surface area (Å²) in [6.45, 7) is 3.80.